The summed E-state index contributed by atoms with van der Waals surface area (Å²) in [7, 11) is 1.93. The topological polar surface area (TPSA) is 40.8 Å². The summed E-state index contributed by atoms with van der Waals surface area (Å²) in [6.45, 7) is 5.86. The average Bonchev–Trinajstić information content (AvgIpc) is 2.88. The molecule has 0 bridgehead atoms. The van der Waals surface area contributed by atoms with E-state index >= 15 is 0 Å². The molecule has 0 spiro atoms. The monoisotopic (exact) mass is 259 g/mol. The van der Waals surface area contributed by atoms with Gasteiger partial charge in [-0.1, -0.05) is 0 Å². The lowest BCUT2D eigenvalue weighted by atomic mass is 10.2. The van der Waals surface area contributed by atoms with E-state index in [2.05, 4.69) is 30.4 Å². The maximum absolute atomic E-state index is 8.97. The molecule has 4 heteroatoms. The maximum atomic E-state index is 8.97. The van der Waals surface area contributed by atoms with E-state index in [0.717, 1.165) is 24.5 Å². The molecule has 0 saturated carbocycles. The number of aryl methyl sites for hydroxylation is 1. The fraction of sp³-hybridized carbons (Fsp3) is 0.357. The molecule has 0 aliphatic heterocycles. The molecule has 2 aromatic rings. The van der Waals surface area contributed by atoms with Crippen LogP contribution in [0.1, 0.15) is 26.7 Å². The third kappa shape index (κ3) is 2.63. The van der Waals surface area contributed by atoms with E-state index in [-0.39, 0.29) is 0 Å². The summed E-state index contributed by atoms with van der Waals surface area (Å²) in [6.07, 6.45) is 0. The molecule has 0 radical (unpaired) electrons. The molecule has 2 heterocycles. The average molecular weight is 259 g/mol. The minimum Gasteiger partial charge on any atom is -0.340 e. The van der Waals surface area contributed by atoms with Crippen molar-refractivity contribution in [2.45, 2.75) is 26.9 Å². The van der Waals surface area contributed by atoms with E-state index in [1.165, 1.54) is 15.3 Å². The highest BCUT2D eigenvalue weighted by atomic mass is 32.1. The van der Waals surface area contributed by atoms with Gasteiger partial charge in [-0.3, -0.25) is 0 Å². The van der Waals surface area contributed by atoms with Crippen molar-refractivity contribution in [2.75, 3.05) is 0 Å². The largest absolute Gasteiger partial charge is 0.340 e. The zero-order valence-electron chi connectivity index (χ0n) is 10.9. The van der Waals surface area contributed by atoms with Gasteiger partial charge in [-0.05, 0) is 37.6 Å². The van der Waals surface area contributed by atoms with E-state index in [9.17, 15) is 0 Å². The summed E-state index contributed by atoms with van der Waals surface area (Å²) < 4.78 is 1.94. The second-order valence-corrected chi connectivity index (χ2v) is 5.80. The first-order valence-electron chi connectivity index (χ1n) is 5.93. The summed E-state index contributed by atoms with van der Waals surface area (Å²) >= 11 is 1.82. The molecule has 0 aliphatic rings. The molecule has 0 fully saturated rings. The molecule has 3 nitrogen and oxygen atoms in total. The van der Waals surface area contributed by atoms with E-state index in [0.29, 0.717) is 0 Å². The summed E-state index contributed by atoms with van der Waals surface area (Å²) in [5, 5.41) is 12.4. The molecule has 94 valence electrons. The fourth-order valence-electron chi connectivity index (χ4n) is 1.95. The number of thiophene rings is 1. The lowest BCUT2D eigenvalue weighted by Gasteiger charge is -2.04. The van der Waals surface area contributed by atoms with Crippen LogP contribution in [0, 0.1) is 25.2 Å². The van der Waals surface area contributed by atoms with Gasteiger partial charge in [0, 0.05) is 35.6 Å². The van der Waals surface area contributed by atoms with Crippen molar-refractivity contribution in [3.8, 4) is 6.07 Å². The zero-order chi connectivity index (χ0) is 13.1. The summed E-state index contributed by atoms with van der Waals surface area (Å²) in [6, 6.07) is 8.47. The van der Waals surface area contributed by atoms with Crippen molar-refractivity contribution in [1.82, 2.24) is 9.88 Å². The minimum absolute atomic E-state index is 0.719. The Balaban J connectivity index is 1.97. The van der Waals surface area contributed by atoms with Crippen LogP contribution < -0.4 is 5.32 Å². The second-order valence-electron chi connectivity index (χ2n) is 4.43. The maximum Gasteiger partial charge on any atom is 0.120 e. The number of rotatable bonds is 4. The van der Waals surface area contributed by atoms with Gasteiger partial charge < -0.3 is 9.88 Å². The highest BCUT2D eigenvalue weighted by molar-refractivity contribution is 7.11. The van der Waals surface area contributed by atoms with Crippen LogP contribution in [0.2, 0.25) is 0 Å². The van der Waals surface area contributed by atoms with Crippen LogP contribution in [0.3, 0.4) is 0 Å². The molecule has 0 atom stereocenters. The van der Waals surface area contributed by atoms with E-state index in [1.807, 2.05) is 35.9 Å². The van der Waals surface area contributed by atoms with Crippen LogP contribution in [0.4, 0.5) is 0 Å². The van der Waals surface area contributed by atoms with Crippen LogP contribution in [0.5, 0.6) is 0 Å². The van der Waals surface area contributed by atoms with Crippen LogP contribution >= 0.6 is 11.3 Å². The molecule has 0 aromatic carbocycles. The molecule has 2 aromatic heterocycles. The standard InChI is InChI=1S/C14H17N3S/c1-10-4-5-14(18-10)9-16-8-12-6-13(7-15)17(3)11(12)2/h4-6,16H,8-9H2,1-3H3. The second kappa shape index (κ2) is 5.38. The van der Waals surface area contributed by atoms with Crippen LogP contribution in [-0.2, 0) is 20.1 Å². The number of hydrogen-bond donors (Lipinski definition) is 1. The Kier molecular flexibility index (Phi) is 3.85. The molecule has 0 unspecified atom stereocenters. The van der Waals surface area contributed by atoms with Crippen molar-refractivity contribution >= 4 is 11.3 Å². The van der Waals surface area contributed by atoms with E-state index < -0.39 is 0 Å². The van der Waals surface area contributed by atoms with Gasteiger partial charge in [0.25, 0.3) is 0 Å². The highest BCUT2D eigenvalue weighted by Crippen LogP contribution is 2.16. The Hall–Kier alpha value is -1.57. The van der Waals surface area contributed by atoms with Gasteiger partial charge in [0.15, 0.2) is 0 Å². The Morgan fingerprint density at radius 1 is 1.33 bits per heavy atom. The van der Waals surface area contributed by atoms with Crippen LogP contribution in [0.15, 0.2) is 18.2 Å². The Labute approximate surface area is 112 Å². The Morgan fingerprint density at radius 2 is 2.11 bits per heavy atom. The lowest BCUT2D eigenvalue weighted by Crippen LogP contribution is -2.12. The normalized spacial score (nSPS) is 10.6. The highest BCUT2D eigenvalue weighted by Gasteiger charge is 2.08. The van der Waals surface area contributed by atoms with Gasteiger partial charge in [-0.15, -0.1) is 11.3 Å². The Bertz CT molecular complexity index is 587. The van der Waals surface area contributed by atoms with E-state index in [4.69, 9.17) is 5.26 Å². The fourth-order valence-corrected chi connectivity index (χ4v) is 2.81. The molecular formula is C14H17N3S. The third-order valence-electron chi connectivity index (χ3n) is 3.17. The van der Waals surface area contributed by atoms with Crippen molar-refractivity contribution in [3.05, 3.63) is 44.9 Å². The van der Waals surface area contributed by atoms with Crippen molar-refractivity contribution < 1.29 is 0 Å². The number of nitriles is 1. The number of nitrogens with one attached hydrogen (secondary N) is 1. The number of aromatic nitrogens is 1. The molecule has 0 aliphatic carbocycles. The number of nitrogens with zero attached hydrogens (tertiary/aromatic N) is 2. The predicted octanol–water partition coefficient (Wildman–Crippen LogP) is 2.86. The first-order chi connectivity index (χ1) is 8.61. The third-order valence-corrected chi connectivity index (χ3v) is 4.17. The summed E-state index contributed by atoms with van der Waals surface area (Å²) in [5.74, 6) is 0. The molecular weight excluding hydrogens is 242 g/mol. The van der Waals surface area contributed by atoms with Gasteiger partial charge >= 0.3 is 0 Å². The van der Waals surface area contributed by atoms with Crippen molar-refractivity contribution in [2.24, 2.45) is 7.05 Å². The number of hydrogen-bond acceptors (Lipinski definition) is 3. The minimum atomic E-state index is 0.719. The molecule has 18 heavy (non-hydrogen) atoms. The summed E-state index contributed by atoms with van der Waals surface area (Å²) in [5.41, 5.74) is 3.07. The SMILES string of the molecule is Cc1ccc(CNCc2cc(C#N)n(C)c2C)s1. The van der Waals surface area contributed by atoms with Gasteiger partial charge in [-0.25, -0.2) is 0 Å². The quantitative estimate of drug-likeness (QED) is 0.917. The summed E-state index contributed by atoms with van der Waals surface area (Å²) in [4.78, 5) is 2.69. The van der Waals surface area contributed by atoms with E-state index in [1.54, 1.807) is 0 Å². The van der Waals surface area contributed by atoms with Crippen LogP contribution in [-0.4, -0.2) is 4.57 Å². The first kappa shape index (κ1) is 12.9. The lowest BCUT2D eigenvalue weighted by molar-refractivity contribution is 0.694. The van der Waals surface area contributed by atoms with Gasteiger partial charge in [-0.2, -0.15) is 5.26 Å². The predicted molar refractivity (Wildman–Crippen MR) is 74.5 cm³/mol. The van der Waals surface area contributed by atoms with Gasteiger partial charge in [0.1, 0.15) is 11.8 Å². The molecule has 1 N–H and O–H groups in total. The van der Waals surface area contributed by atoms with Crippen molar-refractivity contribution in [1.29, 1.82) is 5.26 Å². The van der Waals surface area contributed by atoms with Crippen LogP contribution in [0.25, 0.3) is 0 Å². The molecule has 0 saturated heterocycles. The smallest absolute Gasteiger partial charge is 0.120 e. The Morgan fingerprint density at radius 3 is 2.67 bits per heavy atom. The zero-order valence-corrected chi connectivity index (χ0v) is 11.8. The molecule has 2 rings (SSSR count). The van der Waals surface area contributed by atoms with Crippen molar-refractivity contribution in [3.63, 3.8) is 0 Å². The van der Waals surface area contributed by atoms with Gasteiger partial charge in [0.2, 0.25) is 0 Å². The first-order valence-corrected chi connectivity index (χ1v) is 6.75. The van der Waals surface area contributed by atoms with Gasteiger partial charge in [0.05, 0.1) is 0 Å². The molecule has 0 amide bonds.